The molecule has 0 amide bonds. The highest BCUT2D eigenvalue weighted by atomic mass is 16.5. The van der Waals surface area contributed by atoms with Crippen molar-refractivity contribution in [2.75, 3.05) is 36.1 Å². The number of nitrogen functional groups attached to an aromatic ring is 1. The molecule has 2 aromatic heterocycles. The molecule has 4 N–H and O–H groups in total. The fourth-order valence-corrected chi connectivity index (χ4v) is 2.05. The number of ether oxygens (including phenoxy) is 1. The molecule has 8 heteroatoms. The van der Waals surface area contributed by atoms with Gasteiger partial charge in [0.1, 0.15) is 0 Å². The van der Waals surface area contributed by atoms with Gasteiger partial charge in [-0.05, 0) is 13.8 Å². The molecule has 1 aliphatic heterocycles. The fourth-order valence-electron chi connectivity index (χ4n) is 2.05. The van der Waals surface area contributed by atoms with E-state index in [0.717, 1.165) is 17.9 Å². The van der Waals surface area contributed by atoms with Crippen molar-refractivity contribution in [3.63, 3.8) is 0 Å². The lowest BCUT2D eigenvalue weighted by Crippen LogP contribution is -2.30. The van der Waals surface area contributed by atoms with Crippen LogP contribution in [0.2, 0.25) is 0 Å². The van der Waals surface area contributed by atoms with Crippen molar-refractivity contribution in [3.8, 4) is 0 Å². The van der Waals surface area contributed by atoms with Gasteiger partial charge >= 0.3 is 0 Å². The van der Waals surface area contributed by atoms with Gasteiger partial charge in [-0.2, -0.15) is 10.1 Å². The number of rotatable bonds is 5. The fraction of sp³-hybridized carbons (Fsp3) is 0.462. The minimum absolute atomic E-state index is 0.323. The summed E-state index contributed by atoms with van der Waals surface area (Å²) in [6.45, 7) is 6.11. The van der Waals surface area contributed by atoms with Crippen LogP contribution in [0.25, 0.3) is 0 Å². The van der Waals surface area contributed by atoms with E-state index in [0.29, 0.717) is 36.7 Å². The summed E-state index contributed by atoms with van der Waals surface area (Å²) in [7, 11) is 0. The quantitative estimate of drug-likeness (QED) is 0.762. The van der Waals surface area contributed by atoms with Crippen LogP contribution >= 0.6 is 0 Å². The van der Waals surface area contributed by atoms with E-state index in [1.807, 2.05) is 24.7 Å². The van der Waals surface area contributed by atoms with Crippen molar-refractivity contribution in [3.05, 3.63) is 18.1 Å². The Balaban J connectivity index is 1.79. The molecule has 2 aromatic rings. The molecule has 8 nitrogen and oxygen atoms in total. The van der Waals surface area contributed by atoms with Crippen LogP contribution in [0.5, 0.6) is 0 Å². The molecule has 0 spiro atoms. The molecule has 0 atom stereocenters. The second-order valence-corrected chi connectivity index (χ2v) is 4.95. The Hall–Kier alpha value is -2.35. The van der Waals surface area contributed by atoms with Crippen LogP contribution in [-0.4, -0.2) is 39.5 Å². The van der Waals surface area contributed by atoms with Crippen LogP contribution in [0.4, 0.5) is 23.1 Å². The van der Waals surface area contributed by atoms with Crippen LogP contribution in [0, 0.1) is 6.92 Å². The van der Waals surface area contributed by atoms with Gasteiger partial charge in [-0.15, -0.1) is 0 Å². The topological polar surface area (TPSA) is 103 Å². The first-order valence-electron chi connectivity index (χ1n) is 6.94. The second kappa shape index (κ2) is 5.57. The van der Waals surface area contributed by atoms with E-state index in [-0.39, 0.29) is 0 Å². The molecular weight excluding hydrogens is 270 g/mol. The lowest BCUT2D eigenvalue weighted by molar-refractivity contribution is -0.0287. The first kappa shape index (κ1) is 13.6. The predicted octanol–water partition coefficient (Wildman–Crippen LogP) is 1.31. The monoisotopic (exact) mass is 289 g/mol. The summed E-state index contributed by atoms with van der Waals surface area (Å²) < 4.78 is 7.10. The second-order valence-electron chi connectivity index (χ2n) is 4.95. The van der Waals surface area contributed by atoms with Crippen LogP contribution in [-0.2, 0) is 4.74 Å². The Morgan fingerprint density at radius 1 is 1.48 bits per heavy atom. The Morgan fingerprint density at radius 3 is 2.95 bits per heavy atom. The molecule has 0 bridgehead atoms. The highest BCUT2D eigenvalue weighted by molar-refractivity contribution is 5.64. The van der Waals surface area contributed by atoms with Crippen molar-refractivity contribution in [1.82, 2.24) is 19.7 Å². The van der Waals surface area contributed by atoms with Gasteiger partial charge in [0.25, 0.3) is 0 Å². The maximum absolute atomic E-state index is 5.82. The third kappa shape index (κ3) is 2.75. The van der Waals surface area contributed by atoms with E-state index < -0.39 is 0 Å². The summed E-state index contributed by atoms with van der Waals surface area (Å²) in [5.41, 5.74) is 8.13. The number of nitrogens with one attached hydrogen (secondary N) is 2. The Morgan fingerprint density at radius 2 is 2.29 bits per heavy atom. The molecule has 0 aromatic carbocycles. The molecule has 0 saturated carbocycles. The maximum Gasteiger partial charge on any atom is 0.229 e. The zero-order valence-electron chi connectivity index (χ0n) is 12.1. The Kier molecular flexibility index (Phi) is 3.61. The number of anilines is 4. The minimum atomic E-state index is 0.323. The van der Waals surface area contributed by atoms with Crippen molar-refractivity contribution in [1.29, 1.82) is 0 Å². The highest BCUT2D eigenvalue weighted by Crippen LogP contribution is 2.24. The largest absolute Gasteiger partial charge is 0.394 e. The van der Waals surface area contributed by atoms with E-state index in [2.05, 4.69) is 25.7 Å². The average molecular weight is 289 g/mol. The lowest BCUT2D eigenvalue weighted by atomic mass is 10.3. The first-order valence-corrected chi connectivity index (χ1v) is 6.94. The summed E-state index contributed by atoms with van der Waals surface area (Å²) in [5, 5.41) is 10.8. The van der Waals surface area contributed by atoms with Crippen molar-refractivity contribution < 1.29 is 4.74 Å². The zero-order chi connectivity index (χ0) is 14.8. The van der Waals surface area contributed by atoms with Crippen LogP contribution < -0.4 is 16.4 Å². The number of hydrogen-bond acceptors (Lipinski definition) is 7. The third-order valence-corrected chi connectivity index (χ3v) is 3.32. The standard InChI is InChI=1S/C13H19N7O/c1-3-15-12-10(14)4-16-13(18-12)17-11-5-20(19-8(11)2)9-6-21-7-9/h4-5,9H,3,6-7,14H2,1-2H3,(H2,15,16,17,18). The van der Waals surface area contributed by atoms with Crippen LogP contribution in [0.3, 0.4) is 0 Å². The number of aromatic nitrogens is 4. The molecule has 1 saturated heterocycles. The van der Waals surface area contributed by atoms with E-state index in [4.69, 9.17) is 10.5 Å². The zero-order valence-corrected chi connectivity index (χ0v) is 12.1. The van der Waals surface area contributed by atoms with E-state index in [1.54, 1.807) is 6.20 Å². The number of nitrogens with zero attached hydrogens (tertiary/aromatic N) is 4. The summed E-state index contributed by atoms with van der Waals surface area (Å²) >= 11 is 0. The van der Waals surface area contributed by atoms with Crippen molar-refractivity contribution in [2.45, 2.75) is 19.9 Å². The van der Waals surface area contributed by atoms with Gasteiger partial charge in [0.05, 0.1) is 42.5 Å². The van der Waals surface area contributed by atoms with Gasteiger partial charge in [0, 0.05) is 12.7 Å². The van der Waals surface area contributed by atoms with Gasteiger partial charge in [-0.3, -0.25) is 4.68 Å². The number of nitrogens with two attached hydrogens (primary N) is 1. The van der Waals surface area contributed by atoms with Crippen molar-refractivity contribution >= 4 is 23.1 Å². The van der Waals surface area contributed by atoms with Crippen molar-refractivity contribution in [2.24, 2.45) is 0 Å². The van der Waals surface area contributed by atoms with E-state index in [1.165, 1.54) is 0 Å². The third-order valence-electron chi connectivity index (χ3n) is 3.32. The normalized spacial score (nSPS) is 14.8. The lowest BCUT2D eigenvalue weighted by Gasteiger charge is -2.25. The summed E-state index contributed by atoms with van der Waals surface area (Å²) in [6.07, 6.45) is 3.54. The molecule has 1 aliphatic rings. The first-order chi connectivity index (χ1) is 10.2. The summed E-state index contributed by atoms with van der Waals surface area (Å²) in [5.74, 6) is 1.13. The van der Waals surface area contributed by atoms with E-state index >= 15 is 0 Å². The van der Waals surface area contributed by atoms with E-state index in [9.17, 15) is 0 Å². The van der Waals surface area contributed by atoms with Gasteiger partial charge in [0.2, 0.25) is 5.95 Å². The molecule has 112 valence electrons. The van der Waals surface area contributed by atoms with Gasteiger partial charge in [-0.1, -0.05) is 0 Å². The molecule has 0 aliphatic carbocycles. The van der Waals surface area contributed by atoms with Crippen LogP contribution in [0.1, 0.15) is 18.7 Å². The highest BCUT2D eigenvalue weighted by Gasteiger charge is 2.22. The summed E-state index contributed by atoms with van der Waals surface area (Å²) in [6, 6.07) is 0.323. The number of aryl methyl sites for hydroxylation is 1. The molecule has 0 unspecified atom stereocenters. The van der Waals surface area contributed by atoms with Gasteiger partial charge < -0.3 is 21.1 Å². The minimum Gasteiger partial charge on any atom is -0.394 e. The molecule has 21 heavy (non-hydrogen) atoms. The molecule has 1 fully saturated rings. The molecular formula is C13H19N7O. The SMILES string of the molecule is CCNc1nc(Nc2cn(C3COC3)nc2C)ncc1N. The smallest absolute Gasteiger partial charge is 0.229 e. The number of hydrogen-bond donors (Lipinski definition) is 3. The molecule has 3 rings (SSSR count). The summed E-state index contributed by atoms with van der Waals surface area (Å²) in [4.78, 5) is 8.56. The Bertz CT molecular complexity index is 635. The molecule has 0 radical (unpaired) electrons. The molecule has 3 heterocycles. The average Bonchev–Trinajstić information content (AvgIpc) is 2.73. The maximum atomic E-state index is 5.82. The van der Waals surface area contributed by atoms with Gasteiger partial charge in [0.15, 0.2) is 5.82 Å². The van der Waals surface area contributed by atoms with Crippen LogP contribution in [0.15, 0.2) is 12.4 Å². The predicted molar refractivity (Wildman–Crippen MR) is 80.7 cm³/mol. The Labute approximate surface area is 122 Å². The van der Waals surface area contributed by atoms with Gasteiger partial charge in [-0.25, -0.2) is 4.98 Å².